The average molecular weight is 340 g/mol. The standard InChI is InChI=1S/C18H20N4O3/c1-3-24-15-8-6-5-7-13(15)11-19-18(23)14-12-22-16(20-14)9-10-17(21-22)25-4-2/h5-10,12H,3-4,11H2,1-2H3,(H,19,23). The molecular weight excluding hydrogens is 320 g/mol. The average Bonchev–Trinajstić information content (AvgIpc) is 3.05. The van der Waals surface area contributed by atoms with Gasteiger partial charge in [-0.3, -0.25) is 4.79 Å². The smallest absolute Gasteiger partial charge is 0.271 e. The first kappa shape index (κ1) is 16.8. The molecule has 0 aliphatic rings. The van der Waals surface area contributed by atoms with Crippen LogP contribution < -0.4 is 14.8 Å². The van der Waals surface area contributed by atoms with Crippen LogP contribution in [0.3, 0.4) is 0 Å². The molecule has 0 saturated heterocycles. The van der Waals surface area contributed by atoms with E-state index in [1.165, 1.54) is 4.52 Å². The molecule has 7 nitrogen and oxygen atoms in total. The van der Waals surface area contributed by atoms with Gasteiger partial charge in [0.1, 0.15) is 11.4 Å². The molecule has 2 heterocycles. The molecule has 1 N–H and O–H groups in total. The molecule has 0 bridgehead atoms. The summed E-state index contributed by atoms with van der Waals surface area (Å²) in [6, 6.07) is 11.1. The number of nitrogens with one attached hydrogen (secondary N) is 1. The van der Waals surface area contributed by atoms with Crippen molar-refractivity contribution < 1.29 is 14.3 Å². The third-order valence-corrected chi connectivity index (χ3v) is 3.53. The Kier molecular flexibility index (Phi) is 5.13. The summed E-state index contributed by atoms with van der Waals surface area (Å²) < 4.78 is 12.5. The van der Waals surface area contributed by atoms with Gasteiger partial charge in [0, 0.05) is 18.2 Å². The SMILES string of the molecule is CCOc1ccc2nc(C(=O)NCc3ccccc3OCC)cn2n1. The lowest BCUT2D eigenvalue weighted by molar-refractivity contribution is 0.0946. The van der Waals surface area contributed by atoms with Crippen molar-refractivity contribution in [1.82, 2.24) is 19.9 Å². The summed E-state index contributed by atoms with van der Waals surface area (Å²) in [5.74, 6) is 0.989. The van der Waals surface area contributed by atoms with Crippen LogP contribution in [0.25, 0.3) is 5.65 Å². The van der Waals surface area contributed by atoms with E-state index in [0.717, 1.165) is 11.3 Å². The molecule has 0 atom stereocenters. The maximum atomic E-state index is 12.4. The van der Waals surface area contributed by atoms with Crippen molar-refractivity contribution in [2.24, 2.45) is 0 Å². The van der Waals surface area contributed by atoms with E-state index in [1.807, 2.05) is 38.1 Å². The Labute approximate surface area is 145 Å². The van der Waals surface area contributed by atoms with Gasteiger partial charge in [-0.2, -0.15) is 0 Å². The molecule has 0 unspecified atom stereocenters. The molecule has 25 heavy (non-hydrogen) atoms. The second-order valence-corrected chi connectivity index (χ2v) is 5.26. The van der Waals surface area contributed by atoms with E-state index >= 15 is 0 Å². The fourth-order valence-electron chi connectivity index (χ4n) is 2.41. The molecule has 3 aromatic rings. The fourth-order valence-corrected chi connectivity index (χ4v) is 2.41. The Morgan fingerprint density at radius 2 is 1.92 bits per heavy atom. The van der Waals surface area contributed by atoms with Crippen LogP contribution >= 0.6 is 0 Å². The normalized spacial score (nSPS) is 10.6. The van der Waals surface area contributed by atoms with Gasteiger partial charge in [-0.05, 0) is 26.0 Å². The second-order valence-electron chi connectivity index (χ2n) is 5.26. The lowest BCUT2D eigenvalue weighted by Gasteiger charge is -2.10. The largest absolute Gasteiger partial charge is 0.494 e. The van der Waals surface area contributed by atoms with Crippen molar-refractivity contribution in [1.29, 1.82) is 0 Å². The highest BCUT2D eigenvalue weighted by Gasteiger charge is 2.12. The number of nitrogens with zero attached hydrogens (tertiary/aromatic N) is 3. The van der Waals surface area contributed by atoms with E-state index in [2.05, 4.69) is 15.4 Å². The van der Waals surface area contributed by atoms with Gasteiger partial charge >= 0.3 is 0 Å². The van der Waals surface area contributed by atoms with E-state index < -0.39 is 0 Å². The Morgan fingerprint density at radius 3 is 2.72 bits per heavy atom. The topological polar surface area (TPSA) is 77.8 Å². The van der Waals surface area contributed by atoms with E-state index in [0.29, 0.717) is 37.0 Å². The van der Waals surface area contributed by atoms with E-state index in [9.17, 15) is 4.79 Å². The second kappa shape index (κ2) is 7.65. The fraction of sp³-hybridized carbons (Fsp3) is 0.278. The first-order valence-corrected chi connectivity index (χ1v) is 8.19. The van der Waals surface area contributed by atoms with Crippen LogP contribution in [0.1, 0.15) is 29.9 Å². The molecule has 7 heteroatoms. The lowest BCUT2D eigenvalue weighted by Crippen LogP contribution is -2.23. The zero-order valence-electron chi connectivity index (χ0n) is 14.2. The molecule has 2 aromatic heterocycles. The summed E-state index contributed by atoms with van der Waals surface area (Å²) in [7, 11) is 0. The van der Waals surface area contributed by atoms with Crippen LogP contribution in [-0.4, -0.2) is 33.7 Å². The van der Waals surface area contributed by atoms with Crippen molar-refractivity contribution in [3.8, 4) is 11.6 Å². The Morgan fingerprint density at radius 1 is 1.12 bits per heavy atom. The Hall–Kier alpha value is -3.09. The van der Waals surface area contributed by atoms with Gasteiger partial charge in [-0.15, -0.1) is 5.10 Å². The minimum atomic E-state index is -0.269. The lowest BCUT2D eigenvalue weighted by atomic mass is 10.2. The van der Waals surface area contributed by atoms with E-state index in [4.69, 9.17) is 9.47 Å². The van der Waals surface area contributed by atoms with Crippen LogP contribution in [0.4, 0.5) is 0 Å². The number of ether oxygens (including phenoxy) is 2. The molecule has 0 aliphatic carbocycles. The summed E-state index contributed by atoms with van der Waals surface area (Å²) in [5.41, 5.74) is 1.80. The number of amides is 1. The number of benzene rings is 1. The van der Waals surface area contributed by atoms with Crippen molar-refractivity contribution in [2.45, 2.75) is 20.4 Å². The number of rotatable bonds is 7. The minimum Gasteiger partial charge on any atom is -0.494 e. The molecule has 1 aromatic carbocycles. The number of fused-ring (bicyclic) bond motifs is 1. The third kappa shape index (κ3) is 3.88. The predicted octanol–water partition coefficient (Wildman–Crippen LogP) is 2.46. The summed E-state index contributed by atoms with van der Waals surface area (Å²) in [6.07, 6.45) is 1.58. The highest BCUT2D eigenvalue weighted by Crippen LogP contribution is 2.17. The summed E-state index contributed by atoms with van der Waals surface area (Å²) in [6.45, 7) is 5.28. The molecule has 0 fully saturated rings. The number of hydrogen-bond acceptors (Lipinski definition) is 5. The van der Waals surface area contributed by atoms with Crippen LogP contribution in [0.5, 0.6) is 11.6 Å². The van der Waals surface area contributed by atoms with Gasteiger partial charge in [0.15, 0.2) is 5.65 Å². The monoisotopic (exact) mass is 340 g/mol. The van der Waals surface area contributed by atoms with Crippen molar-refractivity contribution in [3.05, 3.63) is 53.9 Å². The summed E-state index contributed by atoms with van der Waals surface area (Å²) >= 11 is 0. The van der Waals surface area contributed by atoms with E-state index in [1.54, 1.807) is 18.3 Å². The van der Waals surface area contributed by atoms with E-state index in [-0.39, 0.29) is 5.91 Å². The zero-order valence-corrected chi connectivity index (χ0v) is 14.2. The molecule has 130 valence electrons. The summed E-state index contributed by atoms with van der Waals surface area (Å²) in [5, 5.41) is 7.12. The molecule has 0 spiro atoms. The highest BCUT2D eigenvalue weighted by molar-refractivity contribution is 5.92. The number of carbonyl (C=O) groups excluding carboxylic acids is 1. The number of para-hydroxylation sites is 1. The summed E-state index contributed by atoms with van der Waals surface area (Å²) in [4.78, 5) is 16.7. The predicted molar refractivity (Wildman–Crippen MR) is 92.9 cm³/mol. The van der Waals surface area contributed by atoms with Gasteiger partial charge in [0.2, 0.25) is 5.88 Å². The Bertz CT molecular complexity index is 876. The van der Waals surface area contributed by atoms with Crippen molar-refractivity contribution >= 4 is 11.6 Å². The molecule has 3 rings (SSSR count). The maximum absolute atomic E-state index is 12.4. The number of carbonyl (C=O) groups is 1. The minimum absolute atomic E-state index is 0.269. The number of imidazole rings is 1. The van der Waals surface area contributed by atoms with Crippen molar-refractivity contribution in [2.75, 3.05) is 13.2 Å². The first-order valence-electron chi connectivity index (χ1n) is 8.19. The molecule has 0 saturated carbocycles. The van der Waals surface area contributed by atoms with Crippen LogP contribution in [-0.2, 0) is 6.54 Å². The van der Waals surface area contributed by atoms with Gasteiger partial charge in [0.05, 0.1) is 19.4 Å². The van der Waals surface area contributed by atoms with Gasteiger partial charge in [0.25, 0.3) is 5.91 Å². The molecular formula is C18H20N4O3. The van der Waals surface area contributed by atoms with Crippen LogP contribution in [0.15, 0.2) is 42.6 Å². The first-order chi connectivity index (χ1) is 12.2. The van der Waals surface area contributed by atoms with Crippen LogP contribution in [0.2, 0.25) is 0 Å². The number of hydrogen-bond donors (Lipinski definition) is 1. The molecule has 1 amide bonds. The third-order valence-electron chi connectivity index (χ3n) is 3.53. The Balaban J connectivity index is 1.72. The number of aromatic nitrogens is 3. The van der Waals surface area contributed by atoms with Crippen molar-refractivity contribution in [3.63, 3.8) is 0 Å². The van der Waals surface area contributed by atoms with Gasteiger partial charge < -0.3 is 14.8 Å². The quantitative estimate of drug-likeness (QED) is 0.715. The molecule has 0 radical (unpaired) electrons. The zero-order chi connectivity index (χ0) is 17.6. The van der Waals surface area contributed by atoms with Gasteiger partial charge in [-0.25, -0.2) is 9.50 Å². The molecule has 0 aliphatic heterocycles. The highest BCUT2D eigenvalue weighted by atomic mass is 16.5. The maximum Gasteiger partial charge on any atom is 0.271 e. The van der Waals surface area contributed by atoms with Crippen LogP contribution in [0, 0.1) is 0 Å². The van der Waals surface area contributed by atoms with Gasteiger partial charge in [-0.1, -0.05) is 18.2 Å².